The summed E-state index contributed by atoms with van der Waals surface area (Å²) in [5.41, 5.74) is 1.51. The number of hydrogen-bond donors (Lipinski definition) is 1. The van der Waals surface area contributed by atoms with Crippen LogP contribution in [-0.4, -0.2) is 0 Å². The summed E-state index contributed by atoms with van der Waals surface area (Å²) in [5.74, 6) is 0. The van der Waals surface area contributed by atoms with Gasteiger partial charge in [-0.25, -0.2) is 0 Å². The average molecular weight is 123 g/mol. The molecule has 0 atom stereocenters. The molecule has 0 unspecified atom stereocenters. The van der Waals surface area contributed by atoms with Gasteiger partial charge in [0, 0.05) is 0 Å². The molecule has 0 aromatic rings. The third kappa shape index (κ3) is 1.92. The molecule has 0 saturated heterocycles. The predicted molar refractivity (Wildman–Crippen MR) is 39.9 cm³/mol. The first-order chi connectivity index (χ1) is 4.43. The van der Waals surface area contributed by atoms with Gasteiger partial charge in [-0.1, -0.05) is 25.0 Å². The molecule has 9 heavy (non-hydrogen) atoms. The van der Waals surface area contributed by atoms with Crippen molar-refractivity contribution in [3.8, 4) is 0 Å². The monoisotopic (exact) mass is 123 g/mol. The second kappa shape index (κ2) is 3.33. The van der Waals surface area contributed by atoms with Gasteiger partial charge >= 0.3 is 0 Å². The van der Waals surface area contributed by atoms with Gasteiger partial charge < -0.3 is 5.32 Å². The molecule has 0 aliphatic carbocycles. The molecule has 1 N–H and O–H groups in total. The Hall–Kier alpha value is -0.720. The summed E-state index contributed by atoms with van der Waals surface area (Å²) >= 11 is 0. The van der Waals surface area contributed by atoms with E-state index in [0.29, 0.717) is 0 Å². The van der Waals surface area contributed by atoms with Crippen molar-refractivity contribution in [2.24, 2.45) is 0 Å². The molecule has 0 radical (unpaired) electrons. The summed E-state index contributed by atoms with van der Waals surface area (Å²) < 4.78 is 0. The summed E-state index contributed by atoms with van der Waals surface area (Å²) in [6.45, 7) is 2.21. The largest absolute Gasteiger partial charge is 0.368 e. The molecule has 0 aromatic heterocycles. The quantitative estimate of drug-likeness (QED) is 0.593. The summed E-state index contributed by atoms with van der Waals surface area (Å²) in [6, 6.07) is 0. The summed E-state index contributed by atoms with van der Waals surface area (Å²) in [7, 11) is 0. The van der Waals surface area contributed by atoms with E-state index in [1.807, 2.05) is 6.20 Å². The highest BCUT2D eigenvalue weighted by molar-refractivity contribution is 5.11. The maximum atomic E-state index is 3.08. The zero-order valence-corrected chi connectivity index (χ0v) is 5.85. The Morgan fingerprint density at radius 1 is 1.67 bits per heavy atom. The van der Waals surface area contributed by atoms with Gasteiger partial charge in [0.25, 0.3) is 0 Å². The number of rotatable bonds is 2. The lowest BCUT2D eigenvalue weighted by Crippen LogP contribution is -2.00. The molecule has 1 aliphatic heterocycles. The lowest BCUT2D eigenvalue weighted by molar-refractivity contribution is 0.853. The maximum absolute atomic E-state index is 3.08. The molecule has 1 heterocycles. The highest BCUT2D eigenvalue weighted by atomic mass is 14.8. The van der Waals surface area contributed by atoms with E-state index in [1.54, 1.807) is 0 Å². The summed E-state index contributed by atoms with van der Waals surface area (Å²) in [5, 5.41) is 3.08. The molecule has 1 aliphatic rings. The molecule has 1 heteroatoms. The number of allylic oxidation sites excluding steroid dienone is 2. The molecule has 0 aromatic carbocycles. The van der Waals surface area contributed by atoms with Crippen LogP contribution in [0, 0.1) is 0 Å². The van der Waals surface area contributed by atoms with Crippen molar-refractivity contribution in [2.75, 3.05) is 0 Å². The van der Waals surface area contributed by atoms with E-state index in [1.165, 1.54) is 18.4 Å². The Morgan fingerprint density at radius 2 is 2.56 bits per heavy atom. The van der Waals surface area contributed by atoms with Gasteiger partial charge in [-0.15, -0.1) is 0 Å². The Kier molecular flexibility index (Phi) is 2.37. The molecule has 0 spiro atoms. The van der Waals surface area contributed by atoms with Crippen LogP contribution in [0.5, 0.6) is 0 Å². The van der Waals surface area contributed by atoms with Crippen LogP contribution in [0.25, 0.3) is 0 Å². The minimum absolute atomic E-state index is 1.14. The van der Waals surface area contributed by atoms with E-state index in [2.05, 4.69) is 24.5 Å². The van der Waals surface area contributed by atoms with Crippen molar-refractivity contribution in [3.63, 3.8) is 0 Å². The van der Waals surface area contributed by atoms with Crippen molar-refractivity contribution in [3.05, 3.63) is 24.0 Å². The van der Waals surface area contributed by atoms with E-state index < -0.39 is 0 Å². The Bertz CT molecular complexity index is 134. The fourth-order valence-corrected chi connectivity index (χ4v) is 0.999. The fraction of sp³-hybridized carbons (Fsp3) is 0.500. The first kappa shape index (κ1) is 6.40. The molecule has 1 rings (SSSR count). The van der Waals surface area contributed by atoms with E-state index in [4.69, 9.17) is 0 Å². The molecule has 1 nitrogen and oxygen atoms in total. The van der Waals surface area contributed by atoms with Crippen molar-refractivity contribution >= 4 is 0 Å². The Balaban J connectivity index is 2.32. The van der Waals surface area contributed by atoms with Gasteiger partial charge in [-0.2, -0.15) is 0 Å². The first-order valence-corrected chi connectivity index (χ1v) is 3.52. The molecule has 0 bridgehead atoms. The SMILES string of the molecule is CCCC1=CNC=CC1. The summed E-state index contributed by atoms with van der Waals surface area (Å²) in [6.07, 6.45) is 9.87. The highest BCUT2D eigenvalue weighted by Gasteiger charge is 1.94. The molecule has 50 valence electrons. The van der Waals surface area contributed by atoms with Crippen LogP contribution in [0.2, 0.25) is 0 Å². The third-order valence-electron chi connectivity index (χ3n) is 1.45. The van der Waals surface area contributed by atoms with E-state index in [9.17, 15) is 0 Å². The molecular weight excluding hydrogens is 110 g/mol. The summed E-state index contributed by atoms with van der Waals surface area (Å²) in [4.78, 5) is 0. The van der Waals surface area contributed by atoms with E-state index >= 15 is 0 Å². The normalized spacial score (nSPS) is 16.8. The molecule has 0 saturated carbocycles. The van der Waals surface area contributed by atoms with Crippen LogP contribution in [0.1, 0.15) is 26.2 Å². The lowest BCUT2D eigenvalue weighted by Gasteiger charge is -2.06. The second-order valence-electron chi connectivity index (χ2n) is 2.33. The molecular formula is C8H13N. The minimum atomic E-state index is 1.14. The standard InChI is InChI=1S/C8H13N/c1-2-4-8-5-3-6-9-7-8/h3,6-7,9H,2,4-5H2,1H3. The van der Waals surface area contributed by atoms with E-state index in [0.717, 1.165) is 6.42 Å². The zero-order valence-electron chi connectivity index (χ0n) is 5.85. The zero-order chi connectivity index (χ0) is 6.53. The van der Waals surface area contributed by atoms with Crippen molar-refractivity contribution in [1.29, 1.82) is 0 Å². The second-order valence-corrected chi connectivity index (χ2v) is 2.33. The van der Waals surface area contributed by atoms with Crippen molar-refractivity contribution in [2.45, 2.75) is 26.2 Å². The average Bonchev–Trinajstić information content (AvgIpc) is 1.91. The van der Waals surface area contributed by atoms with Crippen LogP contribution in [0.15, 0.2) is 24.0 Å². The van der Waals surface area contributed by atoms with Crippen LogP contribution in [0.3, 0.4) is 0 Å². The van der Waals surface area contributed by atoms with Crippen LogP contribution in [0.4, 0.5) is 0 Å². The van der Waals surface area contributed by atoms with Crippen molar-refractivity contribution < 1.29 is 0 Å². The van der Waals surface area contributed by atoms with Crippen LogP contribution < -0.4 is 5.32 Å². The topological polar surface area (TPSA) is 12.0 Å². The predicted octanol–water partition coefficient (Wildman–Crippen LogP) is 2.18. The number of nitrogens with one attached hydrogen (secondary N) is 1. The van der Waals surface area contributed by atoms with Gasteiger partial charge in [0.2, 0.25) is 0 Å². The van der Waals surface area contributed by atoms with Crippen molar-refractivity contribution in [1.82, 2.24) is 5.32 Å². The Labute approximate surface area is 56.5 Å². The third-order valence-corrected chi connectivity index (χ3v) is 1.45. The molecule has 0 amide bonds. The van der Waals surface area contributed by atoms with Gasteiger partial charge in [-0.05, 0) is 25.2 Å². The minimum Gasteiger partial charge on any atom is -0.368 e. The van der Waals surface area contributed by atoms with Gasteiger partial charge in [-0.3, -0.25) is 0 Å². The van der Waals surface area contributed by atoms with Gasteiger partial charge in [0.1, 0.15) is 0 Å². The first-order valence-electron chi connectivity index (χ1n) is 3.52. The van der Waals surface area contributed by atoms with Gasteiger partial charge in [0.05, 0.1) is 0 Å². The van der Waals surface area contributed by atoms with Crippen LogP contribution >= 0.6 is 0 Å². The Morgan fingerprint density at radius 3 is 3.11 bits per heavy atom. The number of hydrogen-bond acceptors (Lipinski definition) is 1. The maximum Gasteiger partial charge on any atom is -0.0000582 e. The lowest BCUT2D eigenvalue weighted by atomic mass is 10.1. The molecule has 0 fully saturated rings. The smallest absolute Gasteiger partial charge is 0.0000582 e. The van der Waals surface area contributed by atoms with Crippen LogP contribution in [-0.2, 0) is 0 Å². The van der Waals surface area contributed by atoms with Gasteiger partial charge in [0.15, 0.2) is 0 Å². The highest BCUT2D eigenvalue weighted by Crippen LogP contribution is 2.10. The van der Waals surface area contributed by atoms with E-state index in [-0.39, 0.29) is 0 Å². The number of dihydropyridines is 1. The fourth-order valence-electron chi connectivity index (χ4n) is 0.999.